The summed E-state index contributed by atoms with van der Waals surface area (Å²) in [6, 6.07) is 27.7. The molecule has 2 amide bonds. The fourth-order valence-corrected chi connectivity index (χ4v) is 3.31. The van der Waals surface area contributed by atoms with Crippen LogP contribution in [0.25, 0.3) is 0 Å². The predicted molar refractivity (Wildman–Crippen MR) is 112 cm³/mol. The first kappa shape index (κ1) is 18.1. The molecule has 0 unspecified atom stereocenters. The van der Waals surface area contributed by atoms with Crippen molar-refractivity contribution in [2.75, 3.05) is 11.9 Å². The van der Waals surface area contributed by atoms with Gasteiger partial charge in [-0.05, 0) is 48.2 Å². The molecule has 0 spiro atoms. The molecule has 0 aromatic heterocycles. The Bertz CT molecular complexity index is 904. The minimum atomic E-state index is -0.180. The zero-order valence-electron chi connectivity index (χ0n) is 15.7. The van der Waals surface area contributed by atoms with Gasteiger partial charge < -0.3 is 15.4 Å². The average Bonchev–Trinajstić information content (AvgIpc) is 3.55. The molecule has 2 N–H and O–H groups in total. The quantitative estimate of drug-likeness (QED) is 0.605. The van der Waals surface area contributed by atoms with Crippen LogP contribution in [0, 0.1) is 0 Å². The van der Waals surface area contributed by atoms with Crippen molar-refractivity contribution in [2.24, 2.45) is 0 Å². The van der Waals surface area contributed by atoms with Gasteiger partial charge in [-0.1, -0.05) is 60.7 Å². The largest absolute Gasteiger partial charge is 0.489 e. The van der Waals surface area contributed by atoms with Gasteiger partial charge in [-0.3, -0.25) is 0 Å². The van der Waals surface area contributed by atoms with Crippen molar-refractivity contribution in [2.45, 2.75) is 24.9 Å². The Morgan fingerprint density at radius 3 is 2.14 bits per heavy atom. The molecule has 4 rings (SSSR count). The molecule has 1 aliphatic rings. The van der Waals surface area contributed by atoms with Gasteiger partial charge in [0.1, 0.15) is 12.4 Å². The summed E-state index contributed by atoms with van der Waals surface area (Å²) < 4.78 is 5.77. The van der Waals surface area contributed by atoms with E-state index in [2.05, 4.69) is 34.9 Å². The second-order valence-corrected chi connectivity index (χ2v) is 7.25. The Kier molecular flexibility index (Phi) is 5.29. The second-order valence-electron chi connectivity index (χ2n) is 7.25. The van der Waals surface area contributed by atoms with Gasteiger partial charge in [0.25, 0.3) is 0 Å². The highest BCUT2D eigenvalue weighted by Crippen LogP contribution is 2.47. The summed E-state index contributed by atoms with van der Waals surface area (Å²) in [6.45, 7) is 1.18. The van der Waals surface area contributed by atoms with Crippen molar-refractivity contribution in [1.82, 2.24) is 5.32 Å². The molecule has 1 aliphatic carbocycles. The number of ether oxygens (including phenoxy) is 1. The molecule has 0 radical (unpaired) electrons. The molecular weight excluding hydrogens is 348 g/mol. The zero-order chi connectivity index (χ0) is 19.2. The summed E-state index contributed by atoms with van der Waals surface area (Å²) in [7, 11) is 0. The molecule has 0 heterocycles. The van der Waals surface area contributed by atoms with Crippen LogP contribution in [0.4, 0.5) is 10.5 Å². The van der Waals surface area contributed by atoms with Crippen molar-refractivity contribution < 1.29 is 9.53 Å². The van der Waals surface area contributed by atoms with Gasteiger partial charge in [-0.15, -0.1) is 0 Å². The zero-order valence-corrected chi connectivity index (χ0v) is 15.7. The highest BCUT2D eigenvalue weighted by Gasteiger charge is 2.44. The lowest BCUT2D eigenvalue weighted by atomic mass is 9.96. The number of carbonyl (C=O) groups excluding carboxylic acids is 1. The van der Waals surface area contributed by atoms with Crippen LogP contribution in [-0.2, 0) is 12.0 Å². The second kappa shape index (κ2) is 8.17. The molecular formula is C24H24N2O2. The molecule has 0 aliphatic heterocycles. The van der Waals surface area contributed by atoms with Crippen molar-refractivity contribution in [3.05, 3.63) is 96.1 Å². The summed E-state index contributed by atoms with van der Waals surface area (Å²) in [6.07, 6.45) is 2.23. The number of anilines is 1. The third-order valence-electron chi connectivity index (χ3n) is 5.19. The summed E-state index contributed by atoms with van der Waals surface area (Å²) in [4.78, 5) is 12.3. The molecule has 0 bridgehead atoms. The van der Waals surface area contributed by atoms with Crippen LogP contribution in [0.3, 0.4) is 0 Å². The fraction of sp³-hybridized carbons (Fsp3) is 0.208. The van der Waals surface area contributed by atoms with E-state index in [1.807, 2.05) is 60.7 Å². The Morgan fingerprint density at radius 2 is 1.50 bits per heavy atom. The Balaban J connectivity index is 1.26. The van der Waals surface area contributed by atoms with E-state index in [1.54, 1.807) is 0 Å². The lowest BCUT2D eigenvalue weighted by Gasteiger charge is -2.17. The third kappa shape index (κ3) is 4.52. The Labute approximate surface area is 165 Å². The van der Waals surface area contributed by atoms with Crippen LogP contribution < -0.4 is 15.4 Å². The van der Waals surface area contributed by atoms with Crippen LogP contribution in [0.5, 0.6) is 5.75 Å². The van der Waals surface area contributed by atoms with E-state index in [0.29, 0.717) is 13.2 Å². The van der Waals surface area contributed by atoms with Crippen molar-refractivity contribution in [1.29, 1.82) is 0 Å². The average molecular weight is 372 g/mol. The highest BCUT2D eigenvalue weighted by molar-refractivity contribution is 5.89. The van der Waals surface area contributed by atoms with Crippen molar-refractivity contribution >= 4 is 11.7 Å². The van der Waals surface area contributed by atoms with Gasteiger partial charge in [0, 0.05) is 17.6 Å². The van der Waals surface area contributed by atoms with E-state index in [4.69, 9.17) is 4.74 Å². The number of nitrogens with one attached hydrogen (secondary N) is 2. The predicted octanol–water partition coefficient (Wildman–Crippen LogP) is 5.12. The van der Waals surface area contributed by atoms with Crippen LogP contribution in [0.1, 0.15) is 24.0 Å². The van der Waals surface area contributed by atoms with Crippen LogP contribution >= 0.6 is 0 Å². The van der Waals surface area contributed by atoms with Gasteiger partial charge in [0.05, 0.1) is 0 Å². The maximum Gasteiger partial charge on any atom is 0.319 e. The van der Waals surface area contributed by atoms with E-state index in [0.717, 1.165) is 29.8 Å². The first-order chi connectivity index (χ1) is 13.7. The van der Waals surface area contributed by atoms with Crippen molar-refractivity contribution in [3.8, 4) is 5.75 Å². The maximum absolute atomic E-state index is 12.3. The lowest BCUT2D eigenvalue weighted by Crippen LogP contribution is -2.35. The van der Waals surface area contributed by atoms with E-state index in [-0.39, 0.29) is 11.4 Å². The minimum Gasteiger partial charge on any atom is -0.489 e. The normalized spacial score (nSPS) is 14.1. The van der Waals surface area contributed by atoms with Gasteiger partial charge in [0.2, 0.25) is 0 Å². The number of rotatable bonds is 7. The van der Waals surface area contributed by atoms with Gasteiger partial charge in [0.15, 0.2) is 0 Å². The van der Waals surface area contributed by atoms with Crippen LogP contribution in [0.2, 0.25) is 0 Å². The maximum atomic E-state index is 12.3. The molecule has 1 fully saturated rings. The molecule has 28 heavy (non-hydrogen) atoms. The standard InChI is InChI=1S/C24H24N2O2/c27-23(25-18-24(15-16-24)20-9-5-2-6-10-20)26-21-11-13-22(14-12-21)28-17-19-7-3-1-4-8-19/h1-14H,15-18H2,(H2,25,26,27). The molecule has 0 saturated heterocycles. The molecule has 3 aromatic rings. The van der Waals surface area contributed by atoms with E-state index in [1.165, 1.54) is 5.56 Å². The molecule has 4 heteroatoms. The topological polar surface area (TPSA) is 50.4 Å². The first-order valence-corrected chi connectivity index (χ1v) is 9.61. The Morgan fingerprint density at radius 1 is 0.857 bits per heavy atom. The number of benzene rings is 3. The third-order valence-corrected chi connectivity index (χ3v) is 5.19. The monoisotopic (exact) mass is 372 g/mol. The highest BCUT2D eigenvalue weighted by atomic mass is 16.5. The first-order valence-electron chi connectivity index (χ1n) is 9.61. The molecule has 3 aromatic carbocycles. The summed E-state index contributed by atoms with van der Waals surface area (Å²) in [5.41, 5.74) is 3.27. The smallest absolute Gasteiger partial charge is 0.319 e. The molecule has 4 nitrogen and oxygen atoms in total. The number of hydrogen-bond acceptors (Lipinski definition) is 2. The molecule has 0 atom stereocenters. The fourth-order valence-electron chi connectivity index (χ4n) is 3.31. The van der Waals surface area contributed by atoms with Gasteiger partial charge >= 0.3 is 6.03 Å². The molecule has 1 saturated carbocycles. The number of amides is 2. The lowest BCUT2D eigenvalue weighted by molar-refractivity contribution is 0.251. The van der Waals surface area contributed by atoms with Crippen molar-refractivity contribution in [3.63, 3.8) is 0 Å². The van der Waals surface area contributed by atoms with E-state index >= 15 is 0 Å². The summed E-state index contributed by atoms with van der Waals surface area (Å²) >= 11 is 0. The van der Waals surface area contributed by atoms with Gasteiger partial charge in [-0.2, -0.15) is 0 Å². The number of urea groups is 1. The minimum absolute atomic E-state index is 0.105. The van der Waals surface area contributed by atoms with Gasteiger partial charge in [-0.25, -0.2) is 4.79 Å². The SMILES string of the molecule is O=C(NCC1(c2ccccc2)CC1)Nc1ccc(OCc2ccccc2)cc1. The number of hydrogen-bond donors (Lipinski definition) is 2. The van der Waals surface area contributed by atoms with Crippen LogP contribution in [-0.4, -0.2) is 12.6 Å². The summed E-state index contributed by atoms with van der Waals surface area (Å²) in [5, 5.41) is 5.90. The number of carbonyl (C=O) groups is 1. The Hall–Kier alpha value is -3.27. The van der Waals surface area contributed by atoms with E-state index in [9.17, 15) is 4.79 Å². The van der Waals surface area contributed by atoms with E-state index < -0.39 is 0 Å². The summed E-state index contributed by atoms with van der Waals surface area (Å²) in [5.74, 6) is 0.774. The molecule has 142 valence electrons. The van der Waals surface area contributed by atoms with Crippen LogP contribution in [0.15, 0.2) is 84.9 Å².